The Morgan fingerprint density at radius 3 is 2.76 bits per heavy atom. The van der Waals surface area contributed by atoms with E-state index in [-0.39, 0.29) is 16.9 Å². The molecule has 0 saturated heterocycles. The molecule has 3 heterocycles. The number of rotatable bonds is 6. The first-order chi connectivity index (χ1) is 14.0. The molecule has 4 rings (SSSR count). The molecule has 0 aromatic carbocycles. The van der Waals surface area contributed by atoms with E-state index in [0.717, 1.165) is 19.3 Å². The predicted molar refractivity (Wildman–Crippen MR) is 104 cm³/mol. The lowest BCUT2D eigenvalue weighted by Gasteiger charge is -2.41. The Kier molecular flexibility index (Phi) is 4.96. The number of ether oxygens (including phenoxy) is 1. The van der Waals surface area contributed by atoms with E-state index in [0.29, 0.717) is 29.6 Å². The summed E-state index contributed by atoms with van der Waals surface area (Å²) in [6.45, 7) is 0.532. The SMILES string of the molecule is COC(=O)c1cn(C)c(-c2ccc(NCC3(c4ncccc4F)CCC3)nn2)n1. The van der Waals surface area contributed by atoms with Gasteiger partial charge in [0.15, 0.2) is 11.5 Å². The zero-order chi connectivity index (χ0) is 20.4. The van der Waals surface area contributed by atoms with Crippen LogP contribution in [0, 0.1) is 5.82 Å². The van der Waals surface area contributed by atoms with Gasteiger partial charge in [0.25, 0.3) is 0 Å². The van der Waals surface area contributed by atoms with Crippen molar-refractivity contribution in [1.82, 2.24) is 24.7 Å². The standard InChI is InChI=1S/C20H21FN6O2/c1-27-11-15(19(28)29-2)24-18(27)14-6-7-16(26-25-14)23-12-20(8-4-9-20)17-13(21)5-3-10-22-17/h3,5-7,10-11H,4,8-9,12H2,1-2H3,(H,23,26). The fourth-order valence-corrected chi connectivity index (χ4v) is 3.59. The molecule has 1 saturated carbocycles. The smallest absolute Gasteiger partial charge is 0.358 e. The van der Waals surface area contributed by atoms with Crippen molar-refractivity contribution in [2.45, 2.75) is 24.7 Å². The van der Waals surface area contributed by atoms with E-state index in [1.165, 1.54) is 13.2 Å². The van der Waals surface area contributed by atoms with Crippen LogP contribution in [0.5, 0.6) is 0 Å². The van der Waals surface area contributed by atoms with Gasteiger partial charge in [-0.05, 0) is 37.1 Å². The predicted octanol–water partition coefficient (Wildman–Crippen LogP) is 2.73. The average Bonchev–Trinajstić information content (AvgIpc) is 3.10. The number of nitrogens with zero attached hydrogens (tertiary/aromatic N) is 5. The van der Waals surface area contributed by atoms with E-state index >= 15 is 0 Å². The third-order valence-corrected chi connectivity index (χ3v) is 5.34. The lowest BCUT2D eigenvalue weighted by molar-refractivity contribution is 0.0594. The summed E-state index contributed by atoms with van der Waals surface area (Å²) < 4.78 is 20.6. The number of nitrogens with one attached hydrogen (secondary N) is 1. The lowest BCUT2D eigenvalue weighted by atomic mass is 9.66. The van der Waals surface area contributed by atoms with Crippen LogP contribution in [0.15, 0.2) is 36.7 Å². The number of carbonyl (C=O) groups is 1. The number of methoxy groups -OCH3 is 1. The zero-order valence-electron chi connectivity index (χ0n) is 16.2. The third kappa shape index (κ3) is 3.55. The highest BCUT2D eigenvalue weighted by Crippen LogP contribution is 2.43. The minimum Gasteiger partial charge on any atom is -0.464 e. The molecule has 150 valence electrons. The molecule has 0 amide bonds. The van der Waals surface area contributed by atoms with Crippen molar-refractivity contribution < 1.29 is 13.9 Å². The quantitative estimate of drug-likeness (QED) is 0.640. The van der Waals surface area contributed by atoms with Crippen molar-refractivity contribution in [1.29, 1.82) is 0 Å². The summed E-state index contributed by atoms with van der Waals surface area (Å²) in [6, 6.07) is 6.61. The largest absolute Gasteiger partial charge is 0.464 e. The summed E-state index contributed by atoms with van der Waals surface area (Å²) in [5, 5.41) is 11.7. The number of halogens is 1. The minimum absolute atomic E-state index is 0.207. The van der Waals surface area contributed by atoms with Crippen LogP contribution in [0.4, 0.5) is 10.2 Å². The van der Waals surface area contributed by atoms with Crippen molar-refractivity contribution in [3.63, 3.8) is 0 Å². The van der Waals surface area contributed by atoms with Crippen LogP contribution in [0.1, 0.15) is 35.4 Å². The van der Waals surface area contributed by atoms with Crippen LogP contribution >= 0.6 is 0 Å². The number of carbonyl (C=O) groups excluding carboxylic acids is 1. The molecule has 1 N–H and O–H groups in total. The van der Waals surface area contributed by atoms with Gasteiger partial charge in [0, 0.05) is 31.4 Å². The second-order valence-electron chi connectivity index (χ2n) is 7.18. The first-order valence-electron chi connectivity index (χ1n) is 9.33. The average molecular weight is 396 g/mol. The molecule has 3 aromatic rings. The molecule has 1 aliphatic carbocycles. The van der Waals surface area contributed by atoms with E-state index < -0.39 is 5.97 Å². The second-order valence-corrected chi connectivity index (χ2v) is 7.18. The van der Waals surface area contributed by atoms with Gasteiger partial charge in [0.2, 0.25) is 0 Å². The Labute approximate surface area is 167 Å². The van der Waals surface area contributed by atoms with Gasteiger partial charge in [0.1, 0.15) is 17.3 Å². The lowest BCUT2D eigenvalue weighted by Crippen LogP contribution is -2.42. The molecule has 1 aliphatic rings. The Morgan fingerprint density at radius 2 is 2.14 bits per heavy atom. The van der Waals surface area contributed by atoms with Gasteiger partial charge in [-0.2, -0.15) is 0 Å². The monoisotopic (exact) mass is 396 g/mol. The van der Waals surface area contributed by atoms with Crippen LogP contribution in [-0.2, 0) is 17.2 Å². The molecular weight excluding hydrogens is 375 g/mol. The van der Waals surface area contributed by atoms with Gasteiger partial charge < -0.3 is 14.6 Å². The molecule has 0 spiro atoms. The number of aromatic nitrogens is 5. The van der Waals surface area contributed by atoms with E-state index in [1.807, 2.05) is 0 Å². The van der Waals surface area contributed by atoms with Gasteiger partial charge in [-0.15, -0.1) is 10.2 Å². The van der Waals surface area contributed by atoms with Crippen LogP contribution in [0.25, 0.3) is 11.5 Å². The Balaban J connectivity index is 1.49. The molecule has 1 fully saturated rings. The van der Waals surface area contributed by atoms with Crippen LogP contribution in [0.2, 0.25) is 0 Å². The fraction of sp³-hybridized carbons (Fsp3) is 0.350. The van der Waals surface area contributed by atoms with Crippen molar-refractivity contribution >= 4 is 11.8 Å². The summed E-state index contributed by atoms with van der Waals surface area (Å²) in [7, 11) is 3.08. The van der Waals surface area contributed by atoms with E-state index in [4.69, 9.17) is 4.74 Å². The number of anilines is 1. The van der Waals surface area contributed by atoms with Gasteiger partial charge >= 0.3 is 5.97 Å². The maximum atomic E-state index is 14.2. The Bertz CT molecular complexity index is 1030. The highest BCUT2D eigenvalue weighted by atomic mass is 19.1. The van der Waals surface area contributed by atoms with Crippen LogP contribution < -0.4 is 5.32 Å². The van der Waals surface area contributed by atoms with Crippen LogP contribution in [0.3, 0.4) is 0 Å². The van der Waals surface area contributed by atoms with Crippen molar-refractivity contribution in [3.8, 4) is 11.5 Å². The second kappa shape index (κ2) is 7.57. The normalized spacial score (nSPS) is 14.9. The number of pyridine rings is 1. The summed E-state index contributed by atoms with van der Waals surface area (Å²) in [4.78, 5) is 20.2. The maximum absolute atomic E-state index is 14.2. The minimum atomic E-state index is -0.509. The molecule has 0 unspecified atom stereocenters. The number of imidazole rings is 1. The van der Waals surface area contributed by atoms with Crippen LogP contribution in [-0.4, -0.2) is 44.4 Å². The topological polar surface area (TPSA) is 94.8 Å². The Morgan fingerprint density at radius 1 is 1.31 bits per heavy atom. The Hall–Kier alpha value is -3.36. The molecule has 0 aliphatic heterocycles. The van der Waals surface area contributed by atoms with E-state index in [9.17, 15) is 9.18 Å². The van der Waals surface area contributed by atoms with Gasteiger partial charge in [-0.25, -0.2) is 14.2 Å². The molecular formula is C20H21FN6O2. The number of esters is 1. The molecule has 9 heteroatoms. The summed E-state index contributed by atoms with van der Waals surface area (Å²) in [6.07, 6.45) is 6.01. The van der Waals surface area contributed by atoms with Crippen molar-refractivity contribution in [2.24, 2.45) is 7.05 Å². The molecule has 0 bridgehead atoms. The summed E-state index contributed by atoms with van der Waals surface area (Å²) in [5.41, 5.74) is 0.924. The molecule has 8 nitrogen and oxygen atoms in total. The molecule has 3 aromatic heterocycles. The molecule has 29 heavy (non-hydrogen) atoms. The van der Waals surface area contributed by atoms with Crippen molar-refractivity contribution in [2.75, 3.05) is 19.0 Å². The first-order valence-corrected chi connectivity index (χ1v) is 9.33. The molecule has 0 radical (unpaired) electrons. The number of hydrogen-bond donors (Lipinski definition) is 1. The first kappa shape index (κ1) is 19.0. The highest BCUT2D eigenvalue weighted by Gasteiger charge is 2.41. The van der Waals surface area contributed by atoms with Gasteiger partial charge in [0.05, 0.1) is 12.8 Å². The van der Waals surface area contributed by atoms with Gasteiger partial charge in [-0.3, -0.25) is 4.98 Å². The zero-order valence-corrected chi connectivity index (χ0v) is 16.2. The van der Waals surface area contributed by atoms with E-state index in [2.05, 4.69) is 25.5 Å². The maximum Gasteiger partial charge on any atom is 0.358 e. The van der Waals surface area contributed by atoms with E-state index in [1.54, 1.807) is 42.2 Å². The third-order valence-electron chi connectivity index (χ3n) is 5.34. The molecule has 0 atom stereocenters. The number of hydrogen-bond acceptors (Lipinski definition) is 7. The summed E-state index contributed by atoms with van der Waals surface area (Å²) in [5.74, 6) is 0.312. The van der Waals surface area contributed by atoms with Crippen molar-refractivity contribution in [3.05, 3.63) is 53.9 Å². The highest BCUT2D eigenvalue weighted by molar-refractivity contribution is 5.87. The summed E-state index contributed by atoms with van der Waals surface area (Å²) >= 11 is 0. The number of aryl methyl sites for hydroxylation is 1. The van der Waals surface area contributed by atoms with Gasteiger partial charge in [-0.1, -0.05) is 6.42 Å². The fourth-order valence-electron chi connectivity index (χ4n) is 3.59.